The summed E-state index contributed by atoms with van der Waals surface area (Å²) in [4.78, 5) is 16.4. The standard InChI is InChI=1S/C21H30FN3O2.HI/c1-3-23-21(24-15-11-9-14(10-12-15)20(26)27-4-2)25-19-13-17(19)16-7-5-6-8-18(16)22;/h5-8,14-15,17,19H,3-4,9-13H2,1-2H3,(H2,23,24,25);1H. The normalized spacial score (nSPS) is 26.8. The van der Waals surface area contributed by atoms with Crippen molar-refractivity contribution in [1.82, 2.24) is 10.6 Å². The van der Waals surface area contributed by atoms with Crippen LogP contribution in [0.1, 0.15) is 57.4 Å². The van der Waals surface area contributed by atoms with Crippen molar-refractivity contribution in [3.63, 3.8) is 0 Å². The molecule has 0 aromatic heterocycles. The van der Waals surface area contributed by atoms with E-state index in [1.165, 1.54) is 6.07 Å². The smallest absolute Gasteiger partial charge is 0.308 e. The SMILES string of the molecule is CCN=C(NC1CCC(C(=O)OCC)CC1)NC1CC1c1ccccc1F.I. The molecule has 0 heterocycles. The Balaban J connectivity index is 0.00000280. The summed E-state index contributed by atoms with van der Waals surface area (Å²) in [6.07, 6.45) is 4.46. The summed E-state index contributed by atoms with van der Waals surface area (Å²) in [6.45, 7) is 4.97. The van der Waals surface area contributed by atoms with E-state index in [2.05, 4.69) is 15.6 Å². The summed E-state index contributed by atoms with van der Waals surface area (Å²) in [5, 5.41) is 6.95. The summed E-state index contributed by atoms with van der Waals surface area (Å²) >= 11 is 0. The van der Waals surface area contributed by atoms with Gasteiger partial charge in [0, 0.05) is 24.5 Å². The Morgan fingerprint density at radius 2 is 1.89 bits per heavy atom. The predicted molar refractivity (Wildman–Crippen MR) is 120 cm³/mol. The number of aliphatic imine (C=N–C) groups is 1. The largest absolute Gasteiger partial charge is 0.466 e. The molecule has 0 amide bonds. The number of rotatable bonds is 6. The number of hydrogen-bond donors (Lipinski definition) is 2. The van der Waals surface area contributed by atoms with Crippen LogP contribution in [-0.4, -0.2) is 37.2 Å². The molecule has 2 aliphatic carbocycles. The lowest BCUT2D eigenvalue weighted by atomic mass is 9.86. The number of halogens is 2. The quantitative estimate of drug-likeness (QED) is 0.267. The summed E-state index contributed by atoms with van der Waals surface area (Å²) in [6, 6.07) is 7.51. The van der Waals surface area contributed by atoms with Gasteiger partial charge < -0.3 is 15.4 Å². The van der Waals surface area contributed by atoms with Gasteiger partial charge in [0.25, 0.3) is 0 Å². The molecule has 0 saturated heterocycles. The molecule has 0 radical (unpaired) electrons. The first-order chi connectivity index (χ1) is 13.1. The van der Waals surface area contributed by atoms with Crippen molar-refractivity contribution < 1.29 is 13.9 Å². The molecule has 2 saturated carbocycles. The first kappa shape index (κ1) is 22.9. The minimum absolute atomic E-state index is 0. The number of hydrogen-bond acceptors (Lipinski definition) is 3. The van der Waals surface area contributed by atoms with E-state index in [0.29, 0.717) is 19.2 Å². The Morgan fingerprint density at radius 1 is 1.18 bits per heavy atom. The molecular weight excluding hydrogens is 472 g/mol. The van der Waals surface area contributed by atoms with E-state index >= 15 is 0 Å². The van der Waals surface area contributed by atoms with Gasteiger partial charge in [-0.1, -0.05) is 18.2 Å². The highest BCUT2D eigenvalue weighted by atomic mass is 127. The van der Waals surface area contributed by atoms with Gasteiger partial charge in [-0.05, 0) is 57.6 Å². The maximum Gasteiger partial charge on any atom is 0.308 e. The van der Waals surface area contributed by atoms with Crippen molar-refractivity contribution in [3.8, 4) is 0 Å². The minimum atomic E-state index is -0.133. The number of guanidine groups is 1. The highest BCUT2D eigenvalue weighted by Crippen LogP contribution is 2.41. The molecule has 2 unspecified atom stereocenters. The predicted octanol–water partition coefficient (Wildman–Crippen LogP) is 3.98. The second-order valence-electron chi connectivity index (χ2n) is 7.38. The molecule has 1 aromatic rings. The highest BCUT2D eigenvalue weighted by Gasteiger charge is 2.40. The summed E-state index contributed by atoms with van der Waals surface area (Å²) in [7, 11) is 0. The van der Waals surface area contributed by atoms with Crippen molar-refractivity contribution >= 4 is 35.9 Å². The number of ether oxygens (including phenoxy) is 1. The topological polar surface area (TPSA) is 62.7 Å². The van der Waals surface area contributed by atoms with Crippen LogP contribution in [0.5, 0.6) is 0 Å². The van der Waals surface area contributed by atoms with Crippen molar-refractivity contribution in [1.29, 1.82) is 0 Å². The molecule has 5 nitrogen and oxygen atoms in total. The zero-order valence-electron chi connectivity index (χ0n) is 16.6. The molecule has 2 aliphatic rings. The molecule has 28 heavy (non-hydrogen) atoms. The van der Waals surface area contributed by atoms with Gasteiger partial charge in [0.1, 0.15) is 5.82 Å². The van der Waals surface area contributed by atoms with Gasteiger partial charge in [-0.15, -0.1) is 24.0 Å². The van der Waals surface area contributed by atoms with Gasteiger partial charge in [-0.2, -0.15) is 0 Å². The van der Waals surface area contributed by atoms with Gasteiger partial charge in [0.05, 0.1) is 12.5 Å². The Morgan fingerprint density at radius 3 is 2.54 bits per heavy atom. The molecule has 0 spiro atoms. The zero-order chi connectivity index (χ0) is 19.2. The van der Waals surface area contributed by atoms with Crippen molar-refractivity contribution in [3.05, 3.63) is 35.6 Å². The van der Waals surface area contributed by atoms with Crippen molar-refractivity contribution in [2.75, 3.05) is 13.2 Å². The van der Waals surface area contributed by atoms with Crippen LogP contribution in [0.2, 0.25) is 0 Å². The lowest BCUT2D eigenvalue weighted by Gasteiger charge is -2.29. The maximum atomic E-state index is 14.0. The van der Waals surface area contributed by atoms with Gasteiger partial charge in [0.15, 0.2) is 5.96 Å². The fourth-order valence-electron chi connectivity index (χ4n) is 3.87. The summed E-state index contributed by atoms with van der Waals surface area (Å²) in [5.74, 6) is 0.820. The molecule has 156 valence electrons. The number of benzene rings is 1. The van der Waals surface area contributed by atoms with E-state index in [1.54, 1.807) is 6.07 Å². The second-order valence-corrected chi connectivity index (χ2v) is 7.38. The molecule has 0 aliphatic heterocycles. The zero-order valence-corrected chi connectivity index (χ0v) is 18.9. The fraction of sp³-hybridized carbons (Fsp3) is 0.619. The number of carbonyl (C=O) groups is 1. The van der Waals surface area contributed by atoms with E-state index < -0.39 is 0 Å². The average molecular weight is 503 g/mol. The second kappa shape index (κ2) is 11.0. The summed E-state index contributed by atoms with van der Waals surface area (Å²) < 4.78 is 19.1. The Bertz CT molecular complexity index is 677. The van der Waals surface area contributed by atoms with Crippen LogP contribution in [-0.2, 0) is 9.53 Å². The maximum absolute atomic E-state index is 14.0. The fourth-order valence-corrected chi connectivity index (χ4v) is 3.87. The van der Waals surface area contributed by atoms with Crippen LogP contribution < -0.4 is 10.6 Å². The van der Waals surface area contributed by atoms with E-state index in [9.17, 15) is 9.18 Å². The third-order valence-corrected chi connectivity index (χ3v) is 5.42. The number of esters is 1. The molecule has 3 rings (SSSR count). The molecule has 1 aromatic carbocycles. The first-order valence-electron chi connectivity index (χ1n) is 10.1. The minimum Gasteiger partial charge on any atom is -0.466 e. The number of nitrogens with one attached hydrogen (secondary N) is 2. The van der Waals surface area contributed by atoms with Crippen molar-refractivity contribution in [2.24, 2.45) is 10.9 Å². The monoisotopic (exact) mass is 503 g/mol. The van der Waals surface area contributed by atoms with Gasteiger partial charge in [-0.25, -0.2) is 4.39 Å². The van der Waals surface area contributed by atoms with Crippen LogP contribution in [0, 0.1) is 11.7 Å². The van der Waals surface area contributed by atoms with E-state index in [4.69, 9.17) is 4.74 Å². The van der Waals surface area contributed by atoms with Gasteiger partial charge >= 0.3 is 5.97 Å². The van der Waals surface area contributed by atoms with Gasteiger partial charge in [0.2, 0.25) is 0 Å². The third kappa shape index (κ3) is 6.06. The highest BCUT2D eigenvalue weighted by molar-refractivity contribution is 14.0. The summed E-state index contributed by atoms with van der Waals surface area (Å²) in [5.41, 5.74) is 0.779. The van der Waals surface area contributed by atoms with Crippen molar-refractivity contribution in [2.45, 2.75) is 64.0 Å². The Labute approximate surface area is 183 Å². The number of nitrogens with zero attached hydrogens (tertiary/aromatic N) is 1. The number of carbonyl (C=O) groups excluding carboxylic acids is 1. The van der Waals surface area contributed by atoms with Crippen LogP contribution in [0.4, 0.5) is 4.39 Å². The average Bonchev–Trinajstić information content (AvgIpc) is 3.42. The van der Waals surface area contributed by atoms with E-state index in [-0.39, 0.29) is 53.6 Å². The molecule has 2 fully saturated rings. The van der Waals surface area contributed by atoms with Crippen LogP contribution in [0.3, 0.4) is 0 Å². The lowest BCUT2D eigenvalue weighted by molar-refractivity contribution is -0.149. The molecule has 7 heteroatoms. The van der Waals surface area contributed by atoms with Crippen LogP contribution in [0.25, 0.3) is 0 Å². The van der Waals surface area contributed by atoms with Crippen LogP contribution in [0.15, 0.2) is 29.3 Å². The first-order valence-corrected chi connectivity index (χ1v) is 10.1. The van der Waals surface area contributed by atoms with Gasteiger partial charge in [-0.3, -0.25) is 9.79 Å². The molecule has 2 atom stereocenters. The lowest BCUT2D eigenvalue weighted by Crippen LogP contribution is -2.46. The van der Waals surface area contributed by atoms with Crippen LogP contribution >= 0.6 is 24.0 Å². The Kier molecular flexibility index (Phi) is 8.98. The van der Waals surface area contributed by atoms with E-state index in [0.717, 1.165) is 43.6 Å². The molecule has 0 bridgehead atoms. The molecule has 2 N–H and O–H groups in total. The molecular formula is C21H31FIN3O2. The third-order valence-electron chi connectivity index (χ3n) is 5.42. The van der Waals surface area contributed by atoms with E-state index in [1.807, 2.05) is 26.0 Å². The Hall–Kier alpha value is -1.38.